The number of ether oxygens (including phenoxy) is 2. The Morgan fingerprint density at radius 3 is 2.00 bits per heavy atom. The third-order valence-corrected chi connectivity index (χ3v) is 1.79. The van der Waals surface area contributed by atoms with Crippen LogP contribution in [0, 0.1) is 0 Å². The lowest BCUT2D eigenvalue weighted by Crippen LogP contribution is -2.08. The average Bonchev–Trinajstić information content (AvgIpc) is 2.28. The Kier molecular flexibility index (Phi) is 3.93. The minimum Gasteiger partial charge on any atom is -0.496 e. The van der Waals surface area contributed by atoms with Crippen LogP contribution in [0.4, 0.5) is 0 Å². The van der Waals surface area contributed by atoms with Crippen LogP contribution < -0.4 is 9.47 Å². The minimum atomic E-state index is -0.660. The van der Waals surface area contributed by atoms with Crippen molar-refractivity contribution in [1.82, 2.24) is 0 Å². The zero-order valence-corrected chi connectivity index (χ0v) is 8.77. The molecule has 0 heterocycles. The van der Waals surface area contributed by atoms with Gasteiger partial charge < -0.3 is 9.47 Å². The van der Waals surface area contributed by atoms with E-state index >= 15 is 0 Å². The molecule has 1 aromatic rings. The number of carbonyl (C=O) groups excluding carboxylic acids is 1. The average molecular weight is 212 g/mol. The van der Waals surface area contributed by atoms with Crippen LogP contribution in [-0.2, 0) is 9.78 Å². The molecule has 0 aromatic heterocycles. The van der Waals surface area contributed by atoms with E-state index in [2.05, 4.69) is 9.78 Å². The highest BCUT2D eigenvalue weighted by Gasteiger charge is 2.20. The van der Waals surface area contributed by atoms with Crippen molar-refractivity contribution in [2.45, 2.75) is 0 Å². The molecule has 15 heavy (non-hydrogen) atoms. The smallest absolute Gasteiger partial charge is 0.380 e. The Balaban J connectivity index is 3.15. The fourth-order valence-electron chi connectivity index (χ4n) is 1.17. The van der Waals surface area contributed by atoms with Gasteiger partial charge in [0.25, 0.3) is 0 Å². The standard InChI is InChI=1S/C10H12O5/c1-12-7-5-4-6-8(13-2)9(7)10(11)15-14-3/h4-6H,1-3H3. The van der Waals surface area contributed by atoms with Gasteiger partial charge in [0.1, 0.15) is 17.1 Å². The van der Waals surface area contributed by atoms with Crippen molar-refractivity contribution in [3.8, 4) is 11.5 Å². The maximum absolute atomic E-state index is 11.5. The summed E-state index contributed by atoms with van der Waals surface area (Å²) in [6, 6.07) is 4.98. The Labute approximate surface area is 87.4 Å². The first kappa shape index (κ1) is 11.3. The van der Waals surface area contributed by atoms with Crippen LogP contribution in [0.15, 0.2) is 18.2 Å². The molecule has 0 saturated carbocycles. The molecule has 0 N–H and O–H groups in total. The number of hydrogen-bond donors (Lipinski definition) is 0. The van der Waals surface area contributed by atoms with Crippen LogP contribution in [0.25, 0.3) is 0 Å². The van der Waals surface area contributed by atoms with E-state index in [0.29, 0.717) is 11.5 Å². The Bertz CT molecular complexity index is 325. The van der Waals surface area contributed by atoms with E-state index in [1.807, 2.05) is 0 Å². The van der Waals surface area contributed by atoms with Crippen molar-refractivity contribution < 1.29 is 24.0 Å². The first-order valence-corrected chi connectivity index (χ1v) is 4.20. The number of benzene rings is 1. The van der Waals surface area contributed by atoms with E-state index in [0.717, 1.165) is 0 Å². The predicted molar refractivity (Wildman–Crippen MR) is 52.0 cm³/mol. The van der Waals surface area contributed by atoms with Crippen molar-refractivity contribution in [3.05, 3.63) is 23.8 Å². The number of hydrogen-bond acceptors (Lipinski definition) is 5. The monoisotopic (exact) mass is 212 g/mol. The van der Waals surface area contributed by atoms with Gasteiger partial charge >= 0.3 is 5.97 Å². The number of rotatable bonds is 4. The van der Waals surface area contributed by atoms with E-state index in [-0.39, 0.29) is 5.56 Å². The highest BCUT2D eigenvalue weighted by atomic mass is 17.2. The van der Waals surface area contributed by atoms with Gasteiger partial charge in [0.2, 0.25) is 0 Å². The minimum absolute atomic E-state index is 0.198. The van der Waals surface area contributed by atoms with E-state index in [1.54, 1.807) is 18.2 Å². The quantitative estimate of drug-likeness (QED) is 0.558. The molecule has 5 nitrogen and oxygen atoms in total. The second-order valence-corrected chi connectivity index (χ2v) is 2.57. The third-order valence-electron chi connectivity index (χ3n) is 1.79. The second-order valence-electron chi connectivity index (χ2n) is 2.57. The molecule has 0 radical (unpaired) electrons. The number of methoxy groups -OCH3 is 2. The Morgan fingerprint density at radius 1 is 1.07 bits per heavy atom. The van der Waals surface area contributed by atoms with Gasteiger partial charge in [0.15, 0.2) is 0 Å². The second kappa shape index (κ2) is 5.21. The normalized spacial score (nSPS) is 9.53. The van der Waals surface area contributed by atoms with Gasteiger partial charge in [-0.15, -0.1) is 0 Å². The van der Waals surface area contributed by atoms with Crippen LogP contribution in [0.5, 0.6) is 11.5 Å². The van der Waals surface area contributed by atoms with Crippen LogP contribution in [-0.4, -0.2) is 27.3 Å². The predicted octanol–water partition coefficient (Wildman–Crippen LogP) is 1.42. The maximum Gasteiger partial charge on any atom is 0.380 e. The summed E-state index contributed by atoms with van der Waals surface area (Å²) >= 11 is 0. The van der Waals surface area contributed by atoms with Gasteiger partial charge in [0, 0.05) is 0 Å². The van der Waals surface area contributed by atoms with Crippen LogP contribution in [0.1, 0.15) is 10.4 Å². The van der Waals surface area contributed by atoms with E-state index in [4.69, 9.17) is 9.47 Å². The highest BCUT2D eigenvalue weighted by molar-refractivity contribution is 5.95. The van der Waals surface area contributed by atoms with Gasteiger partial charge in [-0.2, -0.15) is 4.89 Å². The highest BCUT2D eigenvalue weighted by Crippen LogP contribution is 2.28. The van der Waals surface area contributed by atoms with Gasteiger partial charge in [0.05, 0.1) is 21.3 Å². The molecule has 0 atom stereocenters. The molecule has 5 heteroatoms. The summed E-state index contributed by atoms with van der Waals surface area (Å²) in [5, 5.41) is 0. The van der Waals surface area contributed by atoms with Crippen molar-refractivity contribution in [1.29, 1.82) is 0 Å². The molecule has 0 fully saturated rings. The molecule has 0 amide bonds. The van der Waals surface area contributed by atoms with Crippen molar-refractivity contribution in [3.63, 3.8) is 0 Å². The molecule has 0 aliphatic heterocycles. The van der Waals surface area contributed by atoms with Crippen LogP contribution in [0.2, 0.25) is 0 Å². The maximum atomic E-state index is 11.5. The largest absolute Gasteiger partial charge is 0.496 e. The topological polar surface area (TPSA) is 54.0 Å². The Morgan fingerprint density at radius 2 is 1.60 bits per heavy atom. The first-order chi connectivity index (χ1) is 7.24. The van der Waals surface area contributed by atoms with E-state index in [9.17, 15) is 4.79 Å². The van der Waals surface area contributed by atoms with E-state index in [1.165, 1.54) is 21.3 Å². The summed E-state index contributed by atoms with van der Waals surface area (Å²) in [5.74, 6) is 0.0830. The molecule has 82 valence electrons. The molecular weight excluding hydrogens is 200 g/mol. The number of carbonyl (C=O) groups is 1. The molecule has 0 saturated heterocycles. The van der Waals surface area contributed by atoms with Crippen LogP contribution >= 0.6 is 0 Å². The summed E-state index contributed by atoms with van der Waals surface area (Å²) in [4.78, 5) is 20.2. The summed E-state index contributed by atoms with van der Waals surface area (Å²) in [5.41, 5.74) is 0.198. The Hall–Kier alpha value is -1.75. The van der Waals surface area contributed by atoms with Gasteiger partial charge in [-0.25, -0.2) is 4.79 Å². The summed E-state index contributed by atoms with van der Waals surface area (Å²) in [6.07, 6.45) is 0. The first-order valence-electron chi connectivity index (χ1n) is 4.20. The fraction of sp³-hybridized carbons (Fsp3) is 0.300. The fourth-order valence-corrected chi connectivity index (χ4v) is 1.17. The molecule has 0 unspecified atom stereocenters. The third kappa shape index (κ3) is 2.38. The lowest BCUT2D eigenvalue weighted by Gasteiger charge is -2.10. The lowest BCUT2D eigenvalue weighted by molar-refractivity contribution is -0.216. The molecule has 1 aromatic carbocycles. The van der Waals surface area contributed by atoms with Crippen molar-refractivity contribution in [2.24, 2.45) is 0 Å². The summed E-state index contributed by atoms with van der Waals surface area (Å²) in [6.45, 7) is 0. The van der Waals surface area contributed by atoms with Gasteiger partial charge in [-0.05, 0) is 12.1 Å². The SMILES string of the molecule is COOC(=O)c1c(OC)cccc1OC. The van der Waals surface area contributed by atoms with Gasteiger partial charge in [-0.3, -0.25) is 4.89 Å². The molecule has 1 rings (SSSR count). The van der Waals surface area contributed by atoms with Gasteiger partial charge in [-0.1, -0.05) is 6.07 Å². The lowest BCUT2D eigenvalue weighted by atomic mass is 10.2. The van der Waals surface area contributed by atoms with Crippen molar-refractivity contribution >= 4 is 5.97 Å². The zero-order chi connectivity index (χ0) is 11.3. The summed E-state index contributed by atoms with van der Waals surface area (Å²) in [7, 11) is 4.16. The van der Waals surface area contributed by atoms with Crippen LogP contribution in [0.3, 0.4) is 0 Å². The molecule has 0 bridgehead atoms. The zero-order valence-electron chi connectivity index (χ0n) is 8.77. The molecular formula is C10H12O5. The van der Waals surface area contributed by atoms with E-state index < -0.39 is 5.97 Å². The molecule has 0 aliphatic rings. The molecule has 0 spiro atoms. The molecule has 0 aliphatic carbocycles. The van der Waals surface area contributed by atoms with Crippen molar-refractivity contribution in [2.75, 3.05) is 21.3 Å². The summed E-state index contributed by atoms with van der Waals surface area (Å²) < 4.78 is 10.0.